The third kappa shape index (κ3) is 2.73. The van der Waals surface area contributed by atoms with Crippen molar-refractivity contribution < 1.29 is 13.9 Å². The average molecular weight is 280 g/mol. The molecule has 0 radical (unpaired) electrons. The minimum absolute atomic E-state index is 0.301. The van der Waals surface area contributed by atoms with E-state index in [1.54, 1.807) is 0 Å². The molecule has 0 heterocycles. The number of hydrogen-bond acceptors (Lipinski definition) is 1. The van der Waals surface area contributed by atoms with Crippen LogP contribution in [0.2, 0.25) is 0 Å². The van der Waals surface area contributed by atoms with Crippen molar-refractivity contribution in [3.8, 4) is 0 Å². The highest BCUT2D eigenvalue weighted by molar-refractivity contribution is 5.21. The Morgan fingerprint density at radius 2 is 1.60 bits per heavy atom. The fourth-order valence-electron chi connectivity index (χ4n) is 4.07. The van der Waals surface area contributed by atoms with Crippen LogP contribution in [0, 0.1) is 17.0 Å². The van der Waals surface area contributed by atoms with Crippen LogP contribution in [0.4, 0.5) is 8.78 Å². The van der Waals surface area contributed by atoms with Gasteiger partial charge in [-0.05, 0) is 55.6 Å². The van der Waals surface area contributed by atoms with Crippen molar-refractivity contribution in [1.82, 2.24) is 0 Å². The van der Waals surface area contributed by atoms with Crippen LogP contribution in [0.1, 0.15) is 56.9 Å². The molecular formula is C17H22F2O. The molecule has 0 amide bonds. The third-order valence-electron chi connectivity index (χ3n) is 5.44. The Bertz CT molecular complexity index is 482. The zero-order valence-electron chi connectivity index (χ0n) is 11.8. The van der Waals surface area contributed by atoms with Crippen LogP contribution in [0.5, 0.6) is 0 Å². The standard InChI is InChI=1S/C17H22F2O/c18-14-4-3-13(15(19)11-14)12-17(20)9-7-16(8-10-17)5-1-2-6-16/h3-4,11,20H,1-2,5-10,12H2. The highest BCUT2D eigenvalue weighted by Gasteiger charge is 2.43. The zero-order valence-corrected chi connectivity index (χ0v) is 11.8. The van der Waals surface area contributed by atoms with Crippen LogP contribution >= 0.6 is 0 Å². The van der Waals surface area contributed by atoms with Gasteiger partial charge in [0.2, 0.25) is 0 Å². The maximum absolute atomic E-state index is 13.7. The molecule has 3 heteroatoms. The molecule has 0 unspecified atom stereocenters. The second-order valence-electron chi connectivity index (χ2n) is 6.84. The minimum atomic E-state index is -0.813. The van der Waals surface area contributed by atoms with E-state index >= 15 is 0 Å². The lowest BCUT2D eigenvalue weighted by Crippen LogP contribution is -2.40. The monoisotopic (exact) mass is 280 g/mol. The van der Waals surface area contributed by atoms with Gasteiger partial charge in [0.15, 0.2) is 0 Å². The summed E-state index contributed by atoms with van der Waals surface area (Å²) in [5.74, 6) is -1.11. The van der Waals surface area contributed by atoms with Crippen molar-refractivity contribution in [1.29, 1.82) is 0 Å². The quantitative estimate of drug-likeness (QED) is 0.852. The van der Waals surface area contributed by atoms with Crippen LogP contribution in [-0.2, 0) is 6.42 Å². The Morgan fingerprint density at radius 1 is 0.950 bits per heavy atom. The summed E-state index contributed by atoms with van der Waals surface area (Å²) in [6.45, 7) is 0. The summed E-state index contributed by atoms with van der Waals surface area (Å²) in [5.41, 5.74) is 0.0661. The van der Waals surface area contributed by atoms with Gasteiger partial charge in [-0.3, -0.25) is 0 Å². The number of halogens is 2. The molecule has 1 nitrogen and oxygen atoms in total. The van der Waals surface area contributed by atoms with Crippen molar-refractivity contribution in [3.63, 3.8) is 0 Å². The number of rotatable bonds is 2. The first-order chi connectivity index (χ1) is 9.50. The number of aliphatic hydroxyl groups is 1. The third-order valence-corrected chi connectivity index (χ3v) is 5.44. The molecule has 0 saturated heterocycles. The molecule has 3 rings (SSSR count). The van der Waals surface area contributed by atoms with E-state index in [0.717, 1.165) is 31.7 Å². The molecule has 110 valence electrons. The Labute approximate surface area is 119 Å². The van der Waals surface area contributed by atoms with Crippen LogP contribution in [0.25, 0.3) is 0 Å². The summed E-state index contributed by atoms with van der Waals surface area (Å²) < 4.78 is 26.6. The second kappa shape index (κ2) is 5.10. The lowest BCUT2D eigenvalue weighted by Gasteiger charge is -2.42. The van der Waals surface area contributed by atoms with Crippen LogP contribution in [-0.4, -0.2) is 10.7 Å². The molecule has 2 aliphatic carbocycles. The van der Waals surface area contributed by atoms with E-state index < -0.39 is 17.2 Å². The van der Waals surface area contributed by atoms with Gasteiger partial charge >= 0.3 is 0 Å². The summed E-state index contributed by atoms with van der Waals surface area (Å²) in [6.07, 6.45) is 9.07. The summed E-state index contributed by atoms with van der Waals surface area (Å²) in [5, 5.41) is 10.7. The first kappa shape index (κ1) is 14.0. The molecule has 0 bridgehead atoms. The SMILES string of the molecule is OC1(Cc2ccc(F)cc2F)CCC2(CCCC2)CC1. The molecule has 0 atom stereocenters. The van der Waals surface area contributed by atoms with Crippen molar-refractivity contribution in [3.05, 3.63) is 35.4 Å². The Kier molecular flexibility index (Phi) is 3.57. The van der Waals surface area contributed by atoms with Gasteiger partial charge in [0.25, 0.3) is 0 Å². The topological polar surface area (TPSA) is 20.2 Å². The van der Waals surface area contributed by atoms with Crippen molar-refractivity contribution in [2.24, 2.45) is 5.41 Å². The Balaban J connectivity index is 1.68. The average Bonchev–Trinajstić information content (AvgIpc) is 2.87. The minimum Gasteiger partial charge on any atom is -0.390 e. The molecule has 20 heavy (non-hydrogen) atoms. The summed E-state index contributed by atoms with van der Waals surface area (Å²) >= 11 is 0. The van der Waals surface area contributed by atoms with Crippen molar-refractivity contribution in [2.45, 2.75) is 63.4 Å². The second-order valence-corrected chi connectivity index (χ2v) is 6.84. The highest BCUT2D eigenvalue weighted by Crippen LogP contribution is 2.51. The van der Waals surface area contributed by atoms with E-state index in [4.69, 9.17) is 0 Å². The molecule has 0 aliphatic heterocycles. The van der Waals surface area contributed by atoms with E-state index in [9.17, 15) is 13.9 Å². The van der Waals surface area contributed by atoms with E-state index in [1.807, 2.05) is 0 Å². The first-order valence-corrected chi connectivity index (χ1v) is 7.67. The molecule has 1 N–H and O–H groups in total. The maximum atomic E-state index is 13.7. The van der Waals surface area contributed by atoms with Gasteiger partial charge in [0.05, 0.1) is 5.60 Å². The van der Waals surface area contributed by atoms with Gasteiger partial charge in [0, 0.05) is 12.5 Å². The van der Waals surface area contributed by atoms with Gasteiger partial charge in [-0.2, -0.15) is 0 Å². The lowest BCUT2D eigenvalue weighted by molar-refractivity contribution is -0.0327. The van der Waals surface area contributed by atoms with Crippen LogP contribution in [0.15, 0.2) is 18.2 Å². The Morgan fingerprint density at radius 3 is 2.20 bits per heavy atom. The highest BCUT2D eigenvalue weighted by atomic mass is 19.1. The van der Waals surface area contributed by atoms with E-state index in [1.165, 1.54) is 37.8 Å². The normalized spacial score (nSPS) is 24.1. The molecule has 2 fully saturated rings. The van der Waals surface area contributed by atoms with Crippen molar-refractivity contribution in [2.75, 3.05) is 0 Å². The lowest BCUT2D eigenvalue weighted by atomic mass is 9.66. The summed E-state index contributed by atoms with van der Waals surface area (Å²) in [7, 11) is 0. The molecule has 1 spiro atoms. The molecule has 1 aromatic carbocycles. The molecule has 2 aliphatic rings. The molecular weight excluding hydrogens is 258 g/mol. The zero-order chi connectivity index (χ0) is 14.2. The van der Waals surface area contributed by atoms with Crippen LogP contribution < -0.4 is 0 Å². The maximum Gasteiger partial charge on any atom is 0.129 e. The Hall–Kier alpha value is -0.960. The van der Waals surface area contributed by atoms with Gasteiger partial charge in [0.1, 0.15) is 11.6 Å². The summed E-state index contributed by atoms with van der Waals surface area (Å²) in [4.78, 5) is 0. The van der Waals surface area contributed by atoms with Crippen molar-refractivity contribution >= 4 is 0 Å². The number of benzene rings is 1. The van der Waals surface area contributed by atoms with Crippen LogP contribution in [0.3, 0.4) is 0 Å². The predicted octanol–water partition coefficient (Wildman–Crippen LogP) is 4.37. The molecule has 2 saturated carbocycles. The number of hydrogen-bond donors (Lipinski definition) is 1. The van der Waals surface area contributed by atoms with E-state index in [-0.39, 0.29) is 0 Å². The summed E-state index contributed by atoms with van der Waals surface area (Å²) in [6, 6.07) is 3.63. The van der Waals surface area contributed by atoms with E-state index in [2.05, 4.69) is 0 Å². The van der Waals surface area contributed by atoms with Gasteiger partial charge in [-0.25, -0.2) is 8.78 Å². The fourth-order valence-corrected chi connectivity index (χ4v) is 4.07. The fraction of sp³-hybridized carbons (Fsp3) is 0.647. The smallest absolute Gasteiger partial charge is 0.129 e. The predicted molar refractivity (Wildman–Crippen MR) is 74.4 cm³/mol. The molecule has 0 aromatic heterocycles. The van der Waals surface area contributed by atoms with Gasteiger partial charge in [-0.15, -0.1) is 0 Å². The van der Waals surface area contributed by atoms with Gasteiger partial charge < -0.3 is 5.11 Å². The van der Waals surface area contributed by atoms with Gasteiger partial charge in [-0.1, -0.05) is 18.9 Å². The first-order valence-electron chi connectivity index (χ1n) is 7.67. The van der Waals surface area contributed by atoms with E-state index in [0.29, 0.717) is 17.4 Å². The molecule has 1 aromatic rings. The largest absolute Gasteiger partial charge is 0.390 e.